The Morgan fingerprint density at radius 2 is 1.95 bits per heavy atom. The topological polar surface area (TPSA) is 81.7 Å². The molecular formula is C16H27N3O3. The minimum atomic E-state index is -0.786. The van der Waals surface area contributed by atoms with E-state index in [9.17, 15) is 9.59 Å². The van der Waals surface area contributed by atoms with E-state index in [1.54, 1.807) is 0 Å². The highest BCUT2D eigenvalue weighted by Crippen LogP contribution is 2.60. The van der Waals surface area contributed by atoms with Crippen LogP contribution in [0.5, 0.6) is 0 Å². The smallest absolute Gasteiger partial charge is 0.317 e. The maximum atomic E-state index is 12.0. The summed E-state index contributed by atoms with van der Waals surface area (Å²) in [4.78, 5) is 24.7. The van der Waals surface area contributed by atoms with E-state index in [1.807, 2.05) is 11.8 Å². The molecule has 3 aliphatic carbocycles. The molecule has 0 saturated heterocycles. The van der Waals surface area contributed by atoms with Crippen LogP contribution >= 0.6 is 0 Å². The van der Waals surface area contributed by atoms with Gasteiger partial charge in [-0.05, 0) is 56.4 Å². The molecule has 0 aromatic heterocycles. The van der Waals surface area contributed by atoms with Crippen molar-refractivity contribution < 1.29 is 14.7 Å². The average Bonchev–Trinajstić information content (AvgIpc) is 3.29. The predicted molar refractivity (Wildman–Crippen MR) is 82.6 cm³/mol. The zero-order valence-electron chi connectivity index (χ0n) is 13.3. The molecule has 3 rings (SSSR count). The van der Waals surface area contributed by atoms with E-state index in [4.69, 9.17) is 5.11 Å². The summed E-state index contributed by atoms with van der Waals surface area (Å²) < 4.78 is 0. The minimum absolute atomic E-state index is 0.0586. The molecule has 3 aliphatic rings. The maximum absolute atomic E-state index is 12.0. The van der Waals surface area contributed by atoms with Crippen molar-refractivity contribution in [3.05, 3.63) is 0 Å². The van der Waals surface area contributed by atoms with Crippen LogP contribution in [-0.2, 0) is 4.79 Å². The first-order valence-electron chi connectivity index (χ1n) is 8.52. The Balaban J connectivity index is 1.33. The Kier molecular flexibility index (Phi) is 4.30. The number of hydrogen-bond donors (Lipinski definition) is 3. The van der Waals surface area contributed by atoms with Gasteiger partial charge >= 0.3 is 12.0 Å². The van der Waals surface area contributed by atoms with Gasteiger partial charge in [-0.2, -0.15) is 0 Å². The lowest BCUT2D eigenvalue weighted by atomic mass is 9.85. The van der Waals surface area contributed by atoms with Gasteiger partial charge in [-0.15, -0.1) is 0 Å². The molecule has 0 bridgehead atoms. The Hall–Kier alpha value is -1.30. The van der Waals surface area contributed by atoms with E-state index >= 15 is 0 Å². The van der Waals surface area contributed by atoms with Crippen molar-refractivity contribution in [2.45, 2.75) is 57.5 Å². The van der Waals surface area contributed by atoms with Gasteiger partial charge in [0.05, 0.1) is 6.54 Å². The Morgan fingerprint density at radius 3 is 2.45 bits per heavy atom. The molecule has 3 N–H and O–H groups in total. The standard InChI is InChI=1S/C16H27N3O3/c1-2-19(9-14(20)21)13-7-12(8-13)18-15(22)17-10-16(5-6-16)11-3-4-11/h11-13H,2-10H2,1H3,(H,20,21)(H2,17,18,22). The molecule has 0 aromatic rings. The second-order valence-corrected chi connectivity index (χ2v) is 7.24. The molecule has 0 radical (unpaired) electrons. The third-order valence-corrected chi connectivity index (χ3v) is 5.65. The van der Waals surface area contributed by atoms with Crippen molar-refractivity contribution in [1.29, 1.82) is 0 Å². The first-order valence-corrected chi connectivity index (χ1v) is 8.52. The van der Waals surface area contributed by atoms with Crippen LogP contribution in [0.25, 0.3) is 0 Å². The van der Waals surface area contributed by atoms with Crippen molar-refractivity contribution in [2.24, 2.45) is 11.3 Å². The van der Waals surface area contributed by atoms with Crippen LogP contribution in [0.2, 0.25) is 0 Å². The summed E-state index contributed by atoms with van der Waals surface area (Å²) >= 11 is 0. The number of amides is 2. The number of nitrogens with zero attached hydrogens (tertiary/aromatic N) is 1. The number of carbonyl (C=O) groups is 2. The highest BCUT2D eigenvalue weighted by Gasteiger charge is 2.53. The first-order chi connectivity index (χ1) is 10.5. The van der Waals surface area contributed by atoms with Crippen molar-refractivity contribution in [3.8, 4) is 0 Å². The molecule has 124 valence electrons. The van der Waals surface area contributed by atoms with E-state index in [-0.39, 0.29) is 24.7 Å². The van der Waals surface area contributed by atoms with Crippen molar-refractivity contribution in [1.82, 2.24) is 15.5 Å². The molecule has 0 atom stereocenters. The summed E-state index contributed by atoms with van der Waals surface area (Å²) in [6.07, 6.45) is 6.91. The van der Waals surface area contributed by atoms with Crippen LogP contribution in [0, 0.1) is 11.3 Å². The molecule has 3 fully saturated rings. The highest BCUT2D eigenvalue weighted by molar-refractivity contribution is 5.74. The fourth-order valence-corrected chi connectivity index (χ4v) is 3.76. The summed E-state index contributed by atoms with van der Waals surface area (Å²) in [5.41, 5.74) is 0.431. The van der Waals surface area contributed by atoms with E-state index in [0.717, 1.165) is 31.8 Å². The summed E-state index contributed by atoms with van der Waals surface area (Å²) in [5.74, 6) is 0.0702. The molecule has 22 heavy (non-hydrogen) atoms. The molecule has 6 nitrogen and oxygen atoms in total. The van der Waals surface area contributed by atoms with Gasteiger partial charge in [0.1, 0.15) is 0 Å². The number of carbonyl (C=O) groups excluding carboxylic acids is 1. The normalized spacial score (nSPS) is 28.8. The van der Waals surface area contributed by atoms with Gasteiger partial charge in [-0.3, -0.25) is 9.69 Å². The van der Waals surface area contributed by atoms with Gasteiger partial charge < -0.3 is 15.7 Å². The van der Waals surface area contributed by atoms with E-state index in [1.165, 1.54) is 25.7 Å². The van der Waals surface area contributed by atoms with Crippen molar-refractivity contribution in [2.75, 3.05) is 19.6 Å². The third kappa shape index (κ3) is 3.54. The van der Waals surface area contributed by atoms with Gasteiger partial charge in [0.15, 0.2) is 0 Å². The van der Waals surface area contributed by atoms with E-state index < -0.39 is 5.97 Å². The number of nitrogens with one attached hydrogen (secondary N) is 2. The fraction of sp³-hybridized carbons (Fsp3) is 0.875. The van der Waals surface area contributed by atoms with Gasteiger partial charge in [0, 0.05) is 18.6 Å². The van der Waals surface area contributed by atoms with E-state index in [2.05, 4.69) is 10.6 Å². The first kappa shape index (κ1) is 15.6. The molecule has 0 spiro atoms. The zero-order chi connectivity index (χ0) is 15.7. The Morgan fingerprint density at radius 1 is 1.27 bits per heavy atom. The van der Waals surface area contributed by atoms with Crippen LogP contribution in [0.1, 0.15) is 45.4 Å². The number of likely N-dealkylation sites (N-methyl/N-ethyl adjacent to an activating group) is 1. The van der Waals surface area contributed by atoms with Gasteiger partial charge in [0.2, 0.25) is 0 Å². The lowest BCUT2D eigenvalue weighted by Crippen LogP contribution is -2.56. The number of carboxylic acid groups (broad SMARTS) is 1. The molecule has 0 aromatic carbocycles. The highest BCUT2D eigenvalue weighted by atomic mass is 16.4. The Bertz CT molecular complexity index is 440. The second-order valence-electron chi connectivity index (χ2n) is 7.24. The monoisotopic (exact) mass is 309 g/mol. The van der Waals surface area contributed by atoms with Crippen LogP contribution in [-0.4, -0.2) is 53.7 Å². The molecule has 0 aliphatic heterocycles. The molecule has 0 heterocycles. The second kappa shape index (κ2) is 6.07. The van der Waals surface area contributed by atoms with Crippen LogP contribution in [0.3, 0.4) is 0 Å². The lowest BCUT2D eigenvalue weighted by molar-refractivity contribution is -0.139. The predicted octanol–water partition coefficient (Wildman–Crippen LogP) is 1.41. The fourth-order valence-electron chi connectivity index (χ4n) is 3.76. The largest absolute Gasteiger partial charge is 0.480 e. The molecular weight excluding hydrogens is 282 g/mol. The van der Waals surface area contributed by atoms with Gasteiger partial charge in [0.25, 0.3) is 0 Å². The quantitative estimate of drug-likeness (QED) is 0.633. The summed E-state index contributed by atoms with van der Waals surface area (Å²) in [7, 11) is 0. The molecule has 2 amide bonds. The number of hydrogen-bond acceptors (Lipinski definition) is 3. The van der Waals surface area contributed by atoms with Gasteiger partial charge in [-0.1, -0.05) is 6.92 Å². The lowest BCUT2D eigenvalue weighted by Gasteiger charge is -2.42. The average molecular weight is 309 g/mol. The van der Waals surface area contributed by atoms with Crippen LogP contribution in [0.15, 0.2) is 0 Å². The summed E-state index contributed by atoms with van der Waals surface area (Å²) in [5, 5.41) is 14.9. The third-order valence-electron chi connectivity index (χ3n) is 5.65. The minimum Gasteiger partial charge on any atom is -0.480 e. The molecule has 0 unspecified atom stereocenters. The SMILES string of the molecule is CCN(CC(=O)O)C1CC(NC(=O)NCC2(C3CC3)CC2)C1. The van der Waals surface area contributed by atoms with Crippen LogP contribution < -0.4 is 10.6 Å². The zero-order valence-corrected chi connectivity index (χ0v) is 13.3. The number of aliphatic carboxylic acids is 1. The molecule has 3 saturated carbocycles. The number of carboxylic acids is 1. The van der Waals surface area contributed by atoms with Crippen LogP contribution in [0.4, 0.5) is 4.79 Å². The summed E-state index contributed by atoms with van der Waals surface area (Å²) in [6, 6.07) is 0.410. The van der Waals surface area contributed by atoms with E-state index in [0.29, 0.717) is 5.41 Å². The van der Waals surface area contributed by atoms with Crippen molar-refractivity contribution >= 4 is 12.0 Å². The van der Waals surface area contributed by atoms with Crippen molar-refractivity contribution in [3.63, 3.8) is 0 Å². The maximum Gasteiger partial charge on any atom is 0.317 e. The number of rotatable bonds is 8. The summed E-state index contributed by atoms with van der Waals surface area (Å²) in [6.45, 7) is 3.62. The Labute approximate surface area is 131 Å². The van der Waals surface area contributed by atoms with Gasteiger partial charge in [-0.25, -0.2) is 4.79 Å². The number of urea groups is 1. The molecule has 6 heteroatoms.